The summed E-state index contributed by atoms with van der Waals surface area (Å²) in [6.45, 7) is 1.72. The molecule has 0 fully saturated rings. The van der Waals surface area contributed by atoms with Crippen molar-refractivity contribution in [3.63, 3.8) is 0 Å². The fourth-order valence-corrected chi connectivity index (χ4v) is 12.9. The molecule has 0 atom stereocenters. The molecule has 1 aliphatic carbocycles. The van der Waals surface area contributed by atoms with Crippen LogP contribution in [-0.2, 0) is 19.1 Å². The molecule has 0 N–H and O–H groups in total. The van der Waals surface area contributed by atoms with Crippen molar-refractivity contribution in [2.24, 2.45) is 0 Å². The number of rotatable bonds is 25. The van der Waals surface area contributed by atoms with Gasteiger partial charge in [-0.05, 0) is 19.8 Å². The molecule has 0 heterocycles. The monoisotopic (exact) mass is 710 g/mol. The topological polar surface area (TPSA) is 52.6 Å². The molecule has 4 rings (SSSR count). The van der Waals surface area contributed by atoms with Crippen LogP contribution in [0.5, 0.6) is 0 Å². The number of methoxy groups -OCH3 is 2. The number of ether oxygens (including phenoxy) is 2. The minimum atomic E-state index is -2.08. The predicted octanol–water partition coefficient (Wildman–Crippen LogP) is 10.7. The smallest absolute Gasteiger partial charge is 0.227 e. The Bertz CT molecular complexity index is 1430. The average molecular weight is 711 g/mol. The van der Waals surface area contributed by atoms with Gasteiger partial charge in [-0.15, -0.1) is 0 Å². The van der Waals surface area contributed by atoms with Gasteiger partial charge in [-0.1, -0.05) is 32.1 Å². The Balaban J connectivity index is 1.02. The molecule has 3 aromatic carbocycles. The third-order valence-electron chi connectivity index (χ3n) is 10.9. The second kappa shape index (κ2) is 22.4. The van der Waals surface area contributed by atoms with Crippen molar-refractivity contribution in [2.75, 3.05) is 20.4 Å². The van der Waals surface area contributed by atoms with Crippen LogP contribution < -0.4 is 15.9 Å². The number of ketones is 2. The number of hydrogen-bond acceptors (Lipinski definition) is 4. The van der Waals surface area contributed by atoms with Gasteiger partial charge in [-0.3, -0.25) is 9.59 Å². The molecule has 0 saturated heterocycles. The summed E-state index contributed by atoms with van der Waals surface area (Å²) in [6.07, 6.45) is 23.8. The minimum Gasteiger partial charge on any atom is -0.285 e. The molecule has 0 amide bonds. The first-order valence-corrected chi connectivity index (χ1v) is 22.0. The van der Waals surface area contributed by atoms with E-state index in [1.54, 1.807) is 6.92 Å². The standard InChI is InChI=1S/C46H63O4P/c1-38-42(44(48)46(50-3)45(49-2)43(38)47)36-28-17-15-13-11-9-7-5-4-6-8-10-12-14-16-18-29-37-51(39-30-22-19-23-31-39,40-32-24-20-25-33-40)41-34-26-21-27-35-41/h19-27,30-35,51H,4-18,28-29,36-37H2,1-3H3. The summed E-state index contributed by atoms with van der Waals surface area (Å²) < 4.78 is 10.3. The van der Waals surface area contributed by atoms with Crippen LogP contribution in [0.1, 0.15) is 122 Å². The number of Topliss-reactive ketones (excluding diaryl/α,β-unsaturated/α-hetero) is 2. The van der Waals surface area contributed by atoms with Crippen LogP contribution in [-0.4, -0.2) is 31.9 Å². The first-order valence-electron chi connectivity index (χ1n) is 19.8. The third kappa shape index (κ3) is 11.5. The van der Waals surface area contributed by atoms with Crippen LogP contribution in [0, 0.1) is 0 Å². The van der Waals surface area contributed by atoms with Crippen molar-refractivity contribution < 1.29 is 19.1 Å². The Kier molecular flexibility index (Phi) is 17.7. The number of hydrogen-bond donors (Lipinski definition) is 0. The fourth-order valence-electron chi connectivity index (χ4n) is 7.94. The van der Waals surface area contributed by atoms with Gasteiger partial charge < -0.3 is 9.47 Å². The Hall–Kier alpha value is -3.49. The van der Waals surface area contributed by atoms with Gasteiger partial charge >= 0.3 is 191 Å². The van der Waals surface area contributed by atoms with E-state index in [1.807, 2.05) is 0 Å². The van der Waals surface area contributed by atoms with E-state index in [2.05, 4.69) is 91.0 Å². The Morgan fingerprint density at radius 2 is 0.745 bits per heavy atom. The molecule has 0 spiro atoms. The molecule has 1 aliphatic rings. The molecule has 51 heavy (non-hydrogen) atoms. The normalized spacial score (nSPS) is 13.9. The summed E-state index contributed by atoms with van der Waals surface area (Å²) in [4.78, 5) is 25.3. The van der Waals surface area contributed by atoms with Crippen molar-refractivity contribution in [1.29, 1.82) is 0 Å². The first kappa shape index (κ1) is 40.3. The van der Waals surface area contributed by atoms with Crippen LogP contribution in [0.15, 0.2) is 114 Å². The largest absolute Gasteiger partial charge is 0.285 e. The Labute approximate surface area is 309 Å². The summed E-state index contributed by atoms with van der Waals surface area (Å²) in [6, 6.07) is 34.0. The zero-order valence-corrected chi connectivity index (χ0v) is 32.7. The summed E-state index contributed by atoms with van der Waals surface area (Å²) in [5, 5.41) is 4.58. The van der Waals surface area contributed by atoms with Crippen molar-refractivity contribution in [1.82, 2.24) is 0 Å². The molecule has 0 aromatic heterocycles. The van der Waals surface area contributed by atoms with Gasteiger partial charge in [0.25, 0.3) is 0 Å². The molecule has 0 saturated carbocycles. The molecule has 0 aliphatic heterocycles. The first-order chi connectivity index (χ1) is 25.0. The van der Waals surface area contributed by atoms with Crippen molar-refractivity contribution in [2.45, 2.75) is 122 Å². The van der Waals surface area contributed by atoms with E-state index >= 15 is 0 Å². The Morgan fingerprint density at radius 3 is 1.10 bits per heavy atom. The molecule has 0 bridgehead atoms. The number of carbonyl (C=O) groups is 2. The predicted molar refractivity (Wildman–Crippen MR) is 218 cm³/mol. The van der Waals surface area contributed by atoms with E-state index in [4.69, 9.17) is 9.47 Å². The number of carbonyl (C=O) groups excluding carboxylic acids is 2. The molecular weight excluding hydrogens is 647 g/mol. The van der Waals surface area contributed by atoms with Crippen LogP contribution >= 0.6 is 7.26 Å². The van der Waals surface area contributed by atoms with E-state index in [1.165, 1.54) is 133 Å². The molecule has 3 aromatic rings. The average Bonchev–Trinajstić information content (AvgIpc) is 3.17. The van der Waals surface area contributed by atoms with Gasteiger partial charge in [-0.2, -0.15) is 0 Å². The third-order valence-corrected chi connectivity index (χ3v) is 15.9. The van der Waals surface area contributed by atoms with E-state index in [-0.39, 0.29) is 23.1 Å². The quantitative estimate of drug-likeness (QED) is 0.0499. The maximum atomic E-state index is 12.8. The SMILES string of the molecule is COC1=C(OC)C(=O)C(CCCCCCCCCCCCCCCCCCC[PH](c2ccccc2)(c2ccccc2)c2ccccc2)=C(C)C1=O. The van der Waals surface area contributed by atoms with Gasteiger partial charge in [0.2, 0.25) is 23.1 Å². The molecule has 4 nitrogen and oxygen atoms in total. The summed E-state index contributed by atoms with van der Waals surface area (Å²) in [5.74, 6) is -0.370. The summed E-state index contributed by atoms with van der Waals surface area (Å²) >= 11 is 0. The van der Waals surface area contributed by atoms with Gasteiger partial charge in [0.05, 0.1) is 14.2 Å². The zero-order valence-electron chi connectivity index (χ0n) is 31.7. The maximum absolute atomic E-state index is 12.8. The van der Waals surface area contributed by atoms with Gasteiger partial charge in [0.1, 0.15) is 0 Å². The van der Waals surface area contributed by atoms with Crippen molar-refractivity contribution in [3.05, 3.63) is 114 Å². The molecular formula is C46H63O4P. The van der Waals surface area contributed by atoms with Gasteiger partial charge in [0.15, 0.2) is 0 Å². The van der Waals surface area contributed by atoms with E-state index < -0.39 is 7.26 Å². The summed E-state index contributed by atoms with van der Waals surface area (Å²) in [5.41, 5.74) is 1.08. The van der Waals surface area contributed by atoms with Crippen LogP contribution in [0.2, 0.25) is 0 Å². The van der Waals surface area contributed by atoms with E-state index in [0.717, 1.165) is 12.8 Å². The van der Waals surface area contributed by atoms with Crippen molar-refractivity contribution >= 4 is 34.7 Å². The number of benzene rings is 3. The van der Waals surface area contributed by atoms with E-state index in [9.17, 15) is 9.59 Å². The maximum Gasteiger partial charge on any atom is 0.227 e. The molecule has 0 unspecified atom stereocenters. The second-order valence-corrected chi connectivity index (χ2v) is 18.4. The van der Waals surface area contributed by atoms with Gasteiger partial charge in [-0.25, -0.2) is 0 Å². The fraction of sp³-hybridized carbons (Fsp3) is 0.478. The van der Waals surface area contributed by atoms with Crippen LogP contribution in [0.3, 0.4) is 0 Å². The molecule has 276 valence electrons. The number of allylic oxidation sites excluding steroid dienone is 2. The Morgan fingerprint density at radius 1 is 0.431 bits per heavy atom. The second-order valence-electron chi connectivity index (χ2n) is 14.3. The van der Waals surface area contributed by atoms with Crippen LogP contribution in [0.4, 0.5) is 0 Å². The van der Waals surface area contributed by atoms with Crippen LogP contribution in [0.25, 0.3) is 0 Å². The minimum absolute atomic E-state index is 0.0245. The van der Waals surface area contributed by atoms with Crippen molar-refractivity contribution in [3.8, 4) is 0 Å². The van der Waals surface area contributed by atoms with E-state index in [0.29, 0.717) is 17.6 Å². The molecule has 0 radical (unpaired) electrons. The molecule has 5 heteroatoms. The zero-order chi connectivity index (χ0) is 36.2. The van der Waals surface area contributed by atoms with Gasteiger partial charge in [0, 0.05) is 11.1 Å². The summed E-state index contributed by atoms with van der Waals surface area (Å²) in [7, 11) is 0.734. The number of unbranched alkanes of at least 4 members (excludes halogenated alkanes) is 16.